The maximum absolute atomic E-state index is 4.64. The van der Waals surface area contributed by atoms with E-state index in [9.17, 15) is 0 Å². The van der Waals surface area contributed by atoms with Crippen molar-refractivity contribution in [1.29, 1.82) is 0 Å². The van der Waals surface area contributed by atoms with Gasteiger partial charge in [0.15, 0.2) is 0 Å². The van der Waals surface area contributed by atoms with E-state index in [2.05, 4.69) is 60.4 Å². The van der Waals surface area contributed by atoms with E-state index in [1.54, 1.807) is 0 Å². The van der Waals surface area contributed by atoms with Gasteiger partial charge in [0, 0.05) is 5.39 Å². The third-order valence-electron chi connectivity index (χ3n) is 3.49. The fourth-order valence-electron chi connectivity index (χ4n) is 2.29. The molecular formula is C14H16BN3. The summed E-state index contributed by atoms with van der Waals surface area (Å²) in [4.78, 5) is 8.07. The Morgan fingerprint density at radius 1 is 1.28 bits per heavy atom. The van der Waals surface area contributed by atoms with Crippen LogP contribution in [0.15, 0.2) is 30.3 Å². The molecule has 0 radical (unpaired) electrons. The van der Waals surface area contributed by atoms with E-state index in [1.807, 2.05) is 7.05 Å². The molecule has 2 N–H and O–H groups in total. The zero-order valence-corrected chi connectivity index (χ0v) is 10.9. The number of hydrogen-bond acceptors (Lipinski definition) is 2. The molecule has 1 unspecified atom stereocenters. The van der Waals surface area contributed by atoms with Gasteiger partial charge in [-0.2, -0.15) is 0 Å². The highest BCUT2D eigenvalue weighted by molar-refractivity contribution is 6.33. The van der Waals surface area contributed by atoms with Gasteiger partial charge in [-0.1, -0.05) is 29.7 Å². The number of imidazole rings is 1. The minimum Gasteiger partial charge on any atom is -0.340 e. The number of aromatic amines is 1. The Hall–Kier alpha value is -1.81. The van der Waals surface area contributed by atoms with Crippen LogP contribution >= 0.6 is 0 Å². The topological polar surface area (TPSA) is 40.7 Å². The van der Waals surface area contributed by atoms with Crippen LogP contribution in [0.4, 0.5) is 0 Å². The van der Waals surface area contributed by atoms with Crippen LogP contribution in [-0.4, -0.2) is 24.9 Å². The van der Waals surface area contributed by atoms with Crippen LogP contribution < -0.4 is 10.8 Å². The largest absolute Gasteiger partial charge is 0.340 e. The summed E-state index contributed by atoms with van der Waals surface area (Å²) in [5.41, 5.74) is 3.44. The number of fused-ring (bicyclic) bond motifs is 3. The van der Waals surface area contributed by atoms with Crippen LogP contribution in [0.3, 0.4) is 0 Å². The average molecular weight is 237 g/mol. The quantitative estimate of drug-likeness (QED) is 0.658. The molecule has 3 aromatic rings. The van der Waals surface area contributed by atoms with Gasteiger partial charge < -0.3 is 10.3 Å². The second-order valence-corrected chi connectivity index (χ2v) is 4.82. The Balaban J connectivity index is 2.30. The number of H-pyrrole nitrogens is 1. The second-order valence-electron chi connectivity index (χ2n) is 4.82. The number of nitrogens with one attached hydrogen (secondary N) is 2. The highest BCUT2D eigenvalue weighted by atomic mass is 15.0. The van der Waals surface area contributed by atoms with Gasteiger partial charge in [-0.05, 0) is 25.4 Å². The summed E-state index contributed by atoms with van der Waals surface area (Å²) in [6, 6.07) is 11.0. The number of rotatable bonds is 2. The van der Waals surface area contributed by atoms with Crippen molar-refractivity contribution in [3.8, 4) is 0 Å². The van der Waals surface area contributed by atoms with Crippen molar-refractivity contribution in [2.45, 2.75) is 13.0 Å². The van der Waals surface area contributed by atoms with Crippen molar-refractivity contribution in [2.75, 3.05) is 7.05 Å². The molecule has 3 nitrogen and oxygen atoms in total. The molecule has 1 atom stereocenters. The van der Waals surface area contributed by atoms with Crippen molar-refractivity contribution in [3.05, 3.63) is 36.2 Å². The van der Waals surface area contributed by atoms with E-state index >= 15 is 0 Å². The van der Waals surface area contributed by atoms with Gasteiger partial charge in [0.2, 0.25) is 0 Å². The van der Waals surface area contributed by atoms with Crippen molar-refractivity contribution in [2.24, 2.45) is 0 Å². The molecule has 0 aliphatic carbocycles. The lowest BCUT2D eigenvalue weighted by molar-refractivity contribution is 0.620. The van der Waals surface area contributed by atoms with Crippen LogP contribution in [0, 0.1) is 0 Å². The molecule has 0 spiro atoms. The summed E-state index contributed by atoms with van der Waals surface area (Å²) in [6.45, 7) is 2.10. The Labute approximate surface area is 107 Å². The maximum atomic E-state index is 4.64. The van der Waals surface area contributed by atoms with Crippen molar-refractivity contribution >= 4 is 35.1 Å². The number of hydrogen-bond donors (Lipinski definition) is 2. The first-order valence-corrected chi connectivity index (χ1v) is 6.25. The van der Waals surface area contributed by atoms with Crippen molar-refractivity contribution < 1.29 is 0 Å². The van der Waals surface area contributed by atoms with Gasteiger partial charge in [-0.25, -0.2) is 4.98 Å². The molecule has 0 fully saturated rings. The minimum atomic E-state index is 0.234. The van der Waals surface area contributed by atoms with Gasteiger partial charge >= 0.3 is 0 Å². The molecule has 0 saturated carbocycles. The Morgan fingerprint density at radius 2 is 2.11 bits per heavy atom. The number of aromatic nitrogens is 2. The molecule has 4 heteroatoms. The molecule has 1 aromatic heterocycles. The van der Waals surface area contributed by atoms with Crippen molar-refractivity contribution in [3.63, 3.8) is 0 Å². The number of benzene rings is 2. The molecule has 0 aliphatic heterocycles. The normalized spacial score (nSPS) is 13.2. The van der Waals surface area contributed by atoms with E-state index in [4.69, 9.17) is 0 Å². The summed E-state index contributed by atoms with van der Waals surface area (Å²) in [7, 11) is 4.06. The highest BCUT2D eigenvalue weighted by Crippen LogP contribution is 2.24. The summed E-state index contributed by atoms with van der Waals surface area (Å²) in [6.07, 6.45) is 0. The zero-order valence-electron chi connectivity index (χ0n) is 10.9. The first kappa shape index (κ1) is 11.3. The first-order chi connectivity index (χ1) is 8.69. The SMILES string of the molecule is Bc1ccc2c(ccc3nc(C(C)NC)[nH]c32)c1. The van der Waals surface area contributed by atoms with E-state index in [0.717, 1.165) is 16.9 Å². The highest BCUT2D eigenvalue weighted by Gasteiger charge is 2.10. The Kier molecular flexibility index (Phi) is 2.60. The van der Waals surface area contributed by atoms with E-state index in [1.165, 1.54) is 16.2 Å². The van der Waals surface area contributed by atoms with Crippen LogP contribution in [0.1, 0.15) is 18.8 Å². The molecular weight excluding hydrogens is 221 g/mol. The zero-order chi connectivity index (χ0) is 12.7. The maximum Gasteiger partial charge on any atom is 0.139 e. The molecule has 90 valence electrons. The fourth-order valence-corrected chi connectivity index (χ4v) is 2.29. The lowest BCUT2D eigenvalue weighted by Gasteiger charge is -2.04. The molecule has 0 amide bonds. The molecule has 0 bridgehead atoms. The van der Waals surface area contributed by atoms with E-state index in [-0.39, 0.29) is 6.04 Å². The third-order valence-corrected chi connectivity index (χ3v) is 3.49. The predicted molar refractivity (Wildman–Crippen MR) is 79.3 cm³/mol. The lowest BCUT2D eigenvalue weighted by atomic mass is 9.93. The summed E-state index contributed by atoms with van der Waals surface area (Å²) in [5.74, 6) is 0.987. The van der Waals surface area contributed by atoms with Crippen molar-refractivity contribution in [1.82, 2.24) is 15.3 Å². The first-order valence-electron chi connectivity index (χ1n) is 6.25. The Bertz CT molecular complexity index is 717. The standard InChI is InChI=1S/C14H16BN3/c1-8(16-2)14-17-12-6-3-9-7-10(15)4-5-11(9)13(12)18-14/h3-8,16H,15H2,1-2H3,(H,17,18). The Morgan fingerprint density at radius 3 is 2.89 bits per heavy atom. The van der Waals surface area contributed by atoms with Crippen LogP contribution in [0.2, 0.25) is 0 Å². The van der Waals surface area contributed by atoms with Gasteiger partial charge in [-0.3, -0.25) is 0 Å². The van der Waals surface area contributed by atoms with Gasteiger partial charge in [0.25, 0.3) is 0 Å². The lowest BCUT2D eigenvalue weighted by Crippen LogP contribution is -2.13. The predicted octanol–water partition coefficient (Wildman–Crippen LogP) is 1.25. The van der Waals surface area contributed by atoms with E-state index < -0.39 is 0 Å². The molecule has 0 saturated heterocycles. The molecule has 18 heavy (non-hydrogen) atoms. The summed E-state index contributed by atoms with van der Waals surface area (Å²) in [5, 5.41) is 5.70. The summed E-state index contributed by atoms with van der Waals surface area (Å²) >= 11 is 0. The number of nitrogens with zero attached hydrogens (tertiary/aromatic N) is 1. The van der Waals surface area contributed by atoms with E-state index in [0.29, 0.717) is 0 Å². The molecule has 1 heterocycles. The molecule has 3 rings (SSSR count). The fraction of sp³-hybridized carbons (Fsp3) is 0.214. The molecule has 2 aromatic carbocycles. The van der Waals surface area contributed by atoms with Crippen LogP contribution in [0.5, 0.6) is 0 Å². The minimum absolute atomic E-state index is 0.234. The van der Waals surface area contributed by atoms with Gasteiger partial charge in [0.1, 0.15) is 13.7 Å². The second kappa shape index (κ2) is 4.14. The molecule has 0 aliphatic rings. The average Bonchev–Trinajstić information content (AvgIpc) is 2.81. The van der Waals surface area contributed by atoms with Gasteiger partial charge in [-0.15, -0.1) is 0 Å². The summed E-state index contributed by atoms with van der Waals surface area (Å²) < 4.78 is 0. The van der Waals surface area contributed by atoms with Gasteiger partial charge in [0.05, 0.1) is 17.1 Å². The van der Waals surface area contributed by atoms with Crippen LogP contribution in [0.25, 0.3) is 21.8 Å². The third kappa shape index (κ3) is 1.69. The van der Waals surface area contributed by atoms with Crippen LogP contribution in [-0.2, 0) is 0 Å². The monoisotopic (exact) mass is 237 g/mol. The smallest absolute Gasteiger partial charge is 0.139 e.